The summed E-state index contributed by atoms with van der Waals surface area (Å²) in [4.78, 5) is 24.3. The molecule has 0 bridgehead atoms. The van der Waals surface area contributed by atoms with E-state index in [2.05, 4.69) is 15.5 Å². The van der Waals surface area contributed by atoms with Crippen LogP contribution >= 0.6 is 11.3 Å². The normalized spacial score (nSPS) is 10.6. The van der Waals surface area contributed by atoms with Crippen LogP contribution in [0.1, 0.15) is 40.7 Å². The van der Waals surface area contributed by atoms with E-state index in [0.29, 0.717) is 22.0 Å². The molecule has 0 aliphatic rings. The van der Waals surface area contributed by atoms with Crippen LogP contribution in [0.3, 0.4) is 0 Å². The van der Waals surface area contributed by atoms with E-state index in [9.17, 15) is 9.59 Å². The Kier molecular flexibility index (Phi) is 5.93. The van der Waals surface area contributed by atoms with E-state index >= 15 is 0 Å². The maximum atomic E-state index is 12.4. The number of carbonyl (C=O) groups excluding carboxylic acids is 2. The number of ketones is 1. The quantitative estimate of drug-likeness (QED) is 0.628. The summed E-state index contributed by atoms with van der Waals surface area (Å²) in [5.41, 5.74) is 1.19. The number of ether oxygens (including phenoxy) is 1. The number of nitrogens with zero attached hydrogens (tertiary/aromatic N) is 2. The Morgan fingerprint density at radius 3 is 2.30 bits per heavy atom. The first-order valence-electron chi connectivity index (χ1n) is 8.49. The van der Waals surface area contributed by atoms with Gasteiger partial charge in [-0.25, -0.2) is 0 Å². The standard InChI is InChI=1S/C20H19N3O3S/c1-13(2)19-22-23-20(27-19)21-17(24)12-26-16-10-8-15(9-11-16)18(25)14-6-4-3-5-7-14/h3-11,13H,12H2,1-2H3,(H,21,23,24). The Hall–Kier alpha value is -3.06. The monoisotopic (exact) mass is 381 g/mol. The molecule has 6 nitrogen and oxygen atoms in total. The average Bonchev–Trinajstić information content (AvgIpc) is 3.16. The van der Waals surface area contributed by atoms with Crippen molar-refractivity contribution in [1.82, 2.24) is 10.2 Å². The molecule has 0 atom stereocenters. The second-order valence-electron chi connectivity index (χ2n) is 6.16. The van der Waals surface area contributed by atoms with Crippen LogP contribution < -0.4 is 10.1 Å². The van der Waals surface area contributed by atoms with Gasteiger partial charge in [-0.05, 0) is 24.3 Å². The molecular weight excluding hydrogens is 362 g/mol. The predicted octanol–water partition coefficient (Wildman–Crippen LogP) is 3.91. The molecule has 0 aliphatic heterocycles. The molecule has 0 saturated heterocycles. The van der Waals surface area contributed by atoms with Gasteiger partial charge in [0.15, 0.2) is 12.4 Å². The highest BCUT2D eigenvalue weighted by Crippen LogP contribution is 2.22. The van der Waals surface area contributed by atoms with Crippen molar-refractivity contribution in [2.75, 3.05) is 11.9 Å². The number of benzene rings is 2. The average molecular weight is 381 g/mol. The van der Waals surface area contributed by atoms with Gasteiger partial charge in [-0.2, -0.15) is 0 Å². The van der Waals surface area contributed by atoms with Crippen molar-refractivity contribution in [1.29, 1.82) is 0 Å². The third-order valence-electron chi connectivity index (χ3n) is 3.70. The summed E-state index contributed by atoms with van der Waals surface area (Å²) in [5, 5.41) is 11.9. The Morgan fingerprint density at radius 2 is 1.67 bits per heavy atom. The van der Waals surface area contributed by atoms with Crippen LogP contribution in [0.25, 0.3) is 0 Å². The summed E-state index contributed by atoms with van der Waals surface area (Å²) in [7, 11) is 0. The summed E-state index contributed by atoms with van der Waals surface area (Å²) in [6, 6.07) is 15.8. The van der Waals surface area contributed by atoms with Crippen LogP contribution in [0, 0.1) is 0 Å². The molecule has 3 aromatic rings. The van der Waals surface area contributed by atoms with Crippen molar-refractivity contribution < 1.29 is 14.3 Å². The fourth-order valence-electron chi connectivity index (χ4n) is 2.28. The maximum Gasteiger partial charge on any atom is 0.264 e. The third-order valence-corrected chi connectivity index (χ3v) is 4.84. The topological polar surface area (TPSA) is 81.2 Å². The molecule has 0 aliphatic carbocycles. The minimum atomic E-state index is -0.314. The van der Waals surface area contributed by atoms with Gasteiger partial charge >= 0.3 is 0 Å². The van der Waals surface area contributed by atoms with Gasteiger partial charge < -0.3 is 4.74 Å². The van der Waals surface area contributed by atoms with Gasteiger partial charge in [0.1, 0.15) is 10.8 Å². The Balaban J connectivity index is 1.53. The van der Waals surface area contributed by atoms with Gasteiger partial charge in [-0.3, -0.25) is 14.9 Å². The number of carbonyl (C=O) groups is 2. The van der Waals surface area contributed by atoms with Crippen LogP contribution in [0.4, 0.5) is 5.13 Å². The fourth-order valence-corrected chi connectivity index (χ4v) is 3.04. The third kappa shape index (κ3) is 4.98. The second kappa shape index (κ2) is 8.55. The smallest absolute Gasteiger partial charge is 0.264 e. The molecule has 27 heavy (non-hydrogen) atoms. The molecule has 138 valence electrons. The van der Waals surface area contributed by atoms with Crippen molar-refractivity contribution in [2.45, 2.75) is 19.8 Å². The number of aromatic nitrogens is 2. The SMILES string of the molecule is CC(C)c1nnc(NC(=O)COc2ccc(C(=O)c3ccccc3)cc2)s1. The van der Waals surface area contributed by atoms with Crippen LogP contribution in [-0.4, -0.2) is 28.5 Å². The van der Waals surface area contributed by atoms with Gasteiger partial charge in [0.2, 0.25) is 5.13 Å². The molecule has 3 rings (SSSR count). The molecule has 1 N–H and O–H groups in total. The lowest BCUT2D eigenvalue weighted by molar-refractivity contribution is -0.118. The molecule has 2 aromatic carbocycles. The highest BCUT2D eigenvalue weighted by atomic mass is 32.1. The summed E-state index contributed by atoms with van der Waals surface area (Å²) in [6.45, 7) is 3.88. The second-order valence-corrected chi connectivity index (χ2v) is 7.17. The van der Waals surface area contributed by atoms with Crippen LogP contribution in [0.5, 0.6) is 5.75 Å². The molecule has 1 amide bonds. The number of hydrogen-bond donors (Lipinski definition) is 1. The fraction of sp³-hybridized carbons (Fsp3) is 0.200. The van der Waals surface area contributed by atoms with Gasteiger partial charge in [-0.15, -0.1) is 10.2 Å². The van der Waals surface area contributed by atoms with Crippen LogP contribution in [0.2, 0.25) is 0 Å². The minimum absolute atomic E-state index is 0.0582. The molecule has 7 heteroatoms. The van der Waals surface area contributed by atoms with Crippen molar-refractivity contribution in [3.05, 3.63) is 70.7 Å². The number of nitrogens with one attached hydrogen (secondary N) is 1. The number of hydrogen-bond acceptors (Lipinski definition) is 6. The molecule has 0 radical (unpaired) electrons. The predicted molar refractivity (Wildman–Crippen MR) is 104 cm³/mol. The van der Waals surface area contributed by atoms with E-state index in [1.807, 2.05) is 32.0 Å². The Labute approximate surface area is 161 Å². The summed E-state index contributed by atoms with van der Waals surface area (Å²) < 4.78 is 5.47. The van der Waals surface area contributed by atoms with Crippen molar-refractivity contribution in [2.24, 2.45) is 0 Å². The van der Waals surface area contributed by atoms with E-state index in [4.69, 9.17) is 4.74 Å². The van der Waals surface area contributed by atoms with Gasteiger partial charge in [0, 0.05) is 17.0 Å². The zero-order valence-corrected chi connectivity index (χ0v) is 15.8. The Morgan fingerprint density at radius 1 is 1.00 bits per heavy atom. The molecule has 0 saturated carbocycles. The summed E-state index contributed by atoms with van der Waals surface area (Å²) in [5.74, 6) is 0.402. The van der Waals surface area contributed by atoms with Crippen LogP contribution in [-0.2, 0) is 4.79 Å². The number of anilines is 1. The number of rotatable bonds is 7. The molecule has 1 heterocycles. The Bertz CT molecular complexity index is 921. The zero-order valence-electron chi connectivity index (χ0n) is 15.0. The van der Waals surface area contributed by atoms with Crippen molar-refractivity contribution in [3.63, 3.8) is 0 Å². The van der Waals surface area contributed by atoms with E-state index in [-0.39, 0.29) is 24.2 Å². The lowest BCUT2D eigenvalue weighted by Crippen LogP contribution is -2.20. The van der Waals surface area contributed by atoms with Gasteiger partial charge in [0.25, 0.3) is 5.91 Å². The molecular formula is C20H19N3O3S. The first kappa shape index (κ1) is 18.7. The van der Waals surface area contributed by atoms with E-state index in [0.717, 1.165) is 5.01 Å². The van der Waals surface area contributed by atoms with Crippen molar-refractivity contribution >= 4 is 28.2 Å². The highest BCUT2D eigenvalue weighted by molar-refractivity contribution is 7.15. The van der Waals surface area contributed by atoms with Gasteiger partial charge in [0.05, 0.1) is 0 Å². The number of amides is 1. The molecule has 0 unspecified atom stereocenters. The summed E-state index contributed by atoms with van der Waals surface area (Å²) in [6.07, 6.45) is 0. The van der Waals surface area contributed by atoms with E-state index in [1.54, 1.807) is 36.4 Å². The van der Waals surface area contributed by atoms with Gasteiger partial charge in [-0.1, -0.05) is 55.5 Å². The minimum Gasteiger partial charge on any atom is -0.484 e. The lowest BCUT2D eigenvalue weighted by Gasteiger charge is -2.07. The van der Waals surface area contributed by atoms with Crippen molar-refractivity contribution in [3.8, 4) is 5.75 Å². The first-order valence-corrected chi connectivity index (χ1v) is 9.30. The maximum absolute atomic E-state index is 12.4. The zero-order chi connectivity index (χ0) is 19.2. The van der Waals surface area contributed by atoms with E-state index in [1.165, 1.54) is 11.3 Å². The molecule has 0 spiro atoms. The largest absolute Gasteiger partial charge is 0.484 e. The summed E-state index contributed by atoms with van der Waals surface area (Å²) >= 11 is 1.35. The lowest BCUT2D eigenvalue weighted by atomic mass is 10.0. The van der Waals surface area contributed by atoms with E-state index < -0.39 is 0 Å². The highest BCUT2D eigenvalue weighted by Gasteiger charge is 2.12. The molecule has 0 fully saturated rings. The first-order chi connectivity index (χ1) is 13.0. The van der Waals surface area contributed by atoms with Crippen LogP contribution in [0.15, 0.2) is 54.6 Å². The molecule has 1 aromatic heterocycles.